The third-order valence-corrected chi connectivity index (χ3v) is 3.63. The Morgan fingerprint density at radius 2 is 1.54 bits per heavy atom. The molecule has 2 rings (SSSR count). The van der Waals surface area contributed by atoms with Crippen molar-refractivity contribution in [1.82, 2.24) is 4.90 Å². The Morgan fingerprint density at radius 1 is 0.958 bits per heavy atom. The standard InChI is InChI=1S/C19H22N2O3/c1-21(2)19(23)15-4-8-16(9-5-15)20-13-12-18(22)14-6-10-17(24-3)11-7-14/h4-11,20H,12-13H2,1-3H3. The van der Waals surface area contributed by atoms with Gasteiger partial charge in [-0.1, -0.05) is 0 Å². The van der Waals surface area contributed by atoms with Gasteiger partial charge in [-0.25, -0.2) is 0 Å². The Labute approximate surface area is 142 Å². The Balaban J connectivity index is 1.85. The highest BCUT2D eigenvalue weighted by Crippen LogP contribution is 2.14. The molecule has 2 aromatic carbocycles. The number of anilines is 1. The summed E-state index contributed by atoms with van der Waals surface area (Å²) in [6.07, 6.45) is 0.394. The molecule has 5 heteroatoms. The molecule has 1 amide bonds. The zero-order chi connectivity index (χ0) is 17.5. The van der Waals surface area contributed by atoms with E-state index in [0.717, 1.165) is 11.4 Å². The molecule has 1 N–H and O–H groups in total. The first-order chi connectivity index (χ1) is 11.5. The van der Waals surface area contributed by atoms with E-state index in [1.807, 2.05) is 12.1 Å². The zero-order valence-corrected chi connectivity index (χ0v) is 14.2. The number of nitrogens with zero attached hydrogens (tertiary/aromatic N) is 1. The lowest BCUT2D eigenvalue weighted by Crippen LogP contribution is -2.21. The number of benzene rings is 2. The molecule has 0 unspecified atom stereocenters. The number of nitrogens with one attached hydrogen (secondary N) is 1. The van der Waals surface area contributed by atoms with Crippen LogP contribution in [0.3, 0.4) is 0 Å². The SMILES string of the molecule is COc1ccc(C(=O)CCNc2ccc(C(=O)N(C)C)cc2)cc1. The normalized spacial score (nSPS) is 10.1. The number of methoxy groups -OCH3 is 1. The summed E-state index contributed by atoms with van der Waals surface area (Å²) in [6.45, 7) is 0.534. The van der Waals surface area contributed by atoms with Gasteiger partial charge in [0.25, 0.3) is 5.91 Å². The van der Waals surface area contributed by atoms with Crippen LogP contribution in [0.4, 0.5) is 5.69 Å². The number of ketones is 1. The molecule has 0 heterocycles. The lowest BCUT2D eigenvalue weighted by molar-refractivity contribution is 0.0827. The smallest absolute Gasteiger partial charge is 0.253 e. The Hall–Kier alpha value is -2.82. The molecule has 0 aliphatic carbocycles. The van der Waals surface area contributed by atoms with Gasteiger partial charge in [-0.3, -0.25) is 9.59 Å². The molecule has 126 valence electrons. The molecule has 0 saturated heterocycles. The first-order valence-corrected chi connectivity index (χ1v) is 7.74. The molecule has 0 aliphatic rings. The molecule has 0 aromatic heterocycles. The van der Waals surface area contributed by atoms with Crippen LogP contribution in [0.1, 0.15) is 27.1 Å². The molecule has 5 nitrogen and oxygen atoms in total. The number of Topliss-reactive ketones (excluding diaryl/α,β-unsaturated/α-hetero) is 1. The van der Waals surface area contributed by atoms with Crippen molar-refractivity contribution >= 4 is 17.4 Å². The van der Waals surface area contributed by atoms with Crippen molar-refractivity contribution in [1.29, 1.82) is 0 Å². The number of hydrogen-bond donors (Lipinski definition) is 1. The fourth-order valence-corrected chi connectivity index (χ4v) is 2.23. The Morgan fingerprint density at radius 3 is 2.08 bits per heavy atom. The lowest BCUT2D eigenvalue weighted by atomic mass is 10.1. The van der Waals surface area contributed by atoms with E-state index in [2.05, 4.69) is 5.32 Å². The average Bonchev–Trinajstić information content (AvgIpc) is 2.61. The van der Waals surface area contributed by atoms with Gasteiger partial charge in [0.15, 0.2) is 5.78 Å². The highest BCUT2D eigenvalue weighted by molar-refractivity contribution is 5.96. The second-order valence-electron chi connectivity index (χ2n) is 5.61. The first-order valence-electron chi connectivity index (χ1n) is 7.74. The predicted molar refractivity (Wildman–Crippen MR) is 94.9 cm³/mol. The quantitative estimate of drug-likeness (QED) is 0.795. The number of amides is 1. The number of carbonyl (C=O) groups excluding carboxylic acids is 2. The number of ether oxygens (including phenoxy) is 1. The van der Waals surface area contributed by atoms with Gasteiger partial charge in [0.1, 0.15) is 5.75 Å². The molecule has 0 radical (unpaired) electrons. The summed E-state index contributed by atoms with van der Waals surface area (Å²) in [5, 5.41) is 3.19. The Kier molecular flexibility index (Phi) is 5.95. The average molecular weight is 326 g/mol. The van der Waals surface area contributed by atoms with E-state index < -0.39 is 0 Å². The van der Waals surface area contributed by atoms with Crippen molar-refractivity contribution in [2.75, 3.05) is 33.1 Å². The van der Waals surface area contributed by atoms with E-state index in [4.69, 9.17) is 4.74 Å². The first kappa shape index (κ1) is 17.5. The second-order valence-corrected chi connectivity index (χ2v) is 5.61. The van der Waals surface area contributed by atoms with Crippen molar-refractivity contribution in [3.8, 4) is 5.75 Å². The summed E-state index contributed by atoms with van der Waals surface area (Å²) >= 11 is 0. The van der Waals surface area contributed by atoms with Crippen LogP contribution in [0.25, 0.3) is 0 Å². The summed E-state index contributed by atoms with van der Waals surface area (Å²) in [5.41, 5.74) is 2.19. The molecular weight excluding hydrogens is 304 g/mol. The van der Waals surface area contributed by atoms with Crippen LogP contribution < -0.4 is 10.1 Å². The van der Waals surface area contributed by atoms with Gasteiger partial charge in [0.2, 0.25) is 0 Å². The summed E-state index contributed by atoms with van der Waals surface area (Å²) < 4.78 is 5.08. The minimum Gasteiger partial charge on any atom is -0.497 e. The predicted octanol–water partition coefficient (Wildman–Crippen LogP) is 3.08. The van der Waals surface area contributed by atoms with E-state index >= 15 is 0 Å². The summed E-state index contributed by atoms with van der Waals surface area (Å²) in [5.74, 6) is 0.776. The Bertz CT molecular complexity index is 692. The third kappa shape index (κ3) is 4.59. The molecule has 0 spiro atoms. The van der Waals surface area contributed by atoms with Gasteiger partial charge in [-0.05, 0) is 48.5 Å². The van der Waals surface area contributed by atoms with Crippen LogP contribution in [0.5, 0.6) is 5.75 Å². The highest BCUT2D eigenvalue weighted by Gasteiger charge is 2.08. The van der Waals surface area contributed by atoms with Crippen LogP contribution in [0.2, 0.25) is 0 Å². The van der Waals surface area contributed by atoms with Gasteiger partial charge in [0.05, 0.1) is 7.11 Å². The number of hydrogen-bond acceptors (Lipinski definition) is 4. The van der Waals surface area contributed by atoms with Crippen molar-refractivity contribution < 1.29 is 14.3 Å². The van der Waals surface area contributed by atoms with Gasteiger partial charge < -0.3 is 15.0 Å². The molecule has 0 aliphatic heterocycles. The molecular formula is C19H22N2O3. The fraction of sp³-hybridized carbons (Fsp3) is 0.263. The van der Waals surface area contributed by atoms with Crippen LogP contribution in [-0.4, -0.2) is 44.3 Å². The monoisotopic (exact) mass is 326 g/mol. The van der Waals surface area contributed by atoms with Crippen molar-refractivity contribution in [3.63, 3.8) is 0 Å². The molecule has 0 bridgehead atoms. The zero-order valence-electron chi connectivity index (χ0n) is 14.2. The van der Waals surface area contributed by atoms with Gasteiger partial charge in [-0.15, -0.1) is 0 Å². The molecule has 0 saturated carbocycles. The van der Waals surface area contributed by atoms with Crippen LogP contribution in [0.15, 0.2) is 48.5 Å². The van der Waals surface area contributed by atoms with Crippen LogP contribution >= 0.6 is 0 Å². The molecule has 24 heavy (non-hydrogen) atoms. The van der Waals surface area contributed by atoms with E-state index in [1.165, 1.54) is 4.90 Å². The van der Waals surface area contributed by atoms with Gasteiger partial charge in [0, 0.05) is 43.9 Å². The summed E-state index contributed by atoms with van der Waals surface area (Å²) in [7, 11) is 5.04. The van der Waals surface area contributed by atoms with E-state index in [0.29, 0.717) is 24.1 Å². The summed E-state index contributed by atoms with van der Waals surface area (Å²) in [4.78, 5) is 25.5. The molecule has 2 aromatic rings. The maximum atomic E-state index is 12.1. The van der Waals surface area contributed by atoms with Crippen molar-refractivity contribution in [3.05, 3.63) is 59.7 Å². The van der Waals surface area contributed by atoms with Gasteiger partial charge in [-0.2, -0.15) is 0 Å². The minimum atomic E-state index is -0.0313. The van der Waals surface area contributed by atoms with Crippen molar-refractivity contribution in [2.24, 2.45) is 0 Å². The van der Waals surface area contributed by atoms with Gasteiger partial charge >= 0.3 is 0 Å². The van der Waals surface area contributed by atoms with E-state index in [-0.39, 0.29) is 11.7 Å². The summed E-state index contributed by atoms with van der Waals surface area (Å²) in [6, 6.07) is 14.3. The fourth-order valence-electron chi connectivity index (χ4n) is 2.23. The van der Waals surface area contributed by atoms with Crippen LogP contribution in [0, 0.1) is 0 Å². The molecule has 0 atom stereocenters. The second kappa shape index (κ2) is 8.15. The molecule has 0 fully saturated rings. The topological polar surface area (TPSA) is 58.6 Å². The van der Waals surface area contributed by atoms with E-state index in [1.54, 1.807) is 57.6 Å². The van der Waals surface area contributed by atoms with E-state index in [9.17, 15) is 9.59 Å². The van der Waals surface area contributed by atoms with Crippen LogP contribution in [-0.2, 0) is 0 Å². The lowest BCUT2D eigenvalue weighted by Gasteiger charge is -2.11. The van der Waals surface area contributed by atoms with Crippen molar-refractivity contribution in [2.45, 2.75) is 6.42 Å². The third-order valence-electron chi connectivity index (χ3n) is 3.63. The number of carbonyl (C=O) groups is 2. The number of rotatable bonds is 7. The largest absolute Gasteiger partial charge is 0.497 e. The maximum Gasteiger partial charge on any atom is 0.253 e. The highest BCUT2D eigenvalue weighted by atomic mass is 16.5. The minimum absolute atomic E-state index is 0.0313. The maximum absolute atomic E-state index is 12.1.